The van der Waals surface area contributed by atoms with Gasteiger partial charge in [0, 0.05) is 0 Å². The van der Waals surface area contributed by atoms with Crippen LogP contribution in [0.1, 0.15) is 25.8 Å². The second-order valence-corrected chi connectivity index (χ2v) is 7.64. The lowest BCUT2D eigenvalue weighted by molar-refractivity contribution is -0.115. The highest BCUT2D eigenvalue weighted by atomic mass is 35.5. The summed E-state index contributed by atoms with van der Waals surface area (Å²) in [5.74, 6) is 1.21. The van der Waals surface area contributed by atoms with E-state index in [2.05, 4.69) is 17.2 Å². The third-order valence-electron chi connectivity index (χ3n) is 4.11. The third-order valence-corrected chi connectivity index (χ3v) is 5.32. The smallest absolute Gasteiger partial charge is 0.264 e. The van der Waals surface area contributed by atoms with Gasteiger partial charge in [0.2, 0.25) is 0 Å². The standard InChI is InChI=1S/C21H21ClN2O3S/c1-4-13(2)27-18-10-5-14(11-17(18)22)12-19-20(25)24-21(28-19)23-15-6-8-16(26-3)9-7-15/h5-13H,4H2,1-3H3,(H,23,24,25)/b19-12+/t13-/m0/s1. The fourth-order valence-electron chi connectivity index (χ4n) is 2.41. The van der Waals surface area contributed by atoms with Gasteiger partial charge < -0.3 is 14.8 Å². The molecule has 2 aromatic rings. The van der Waals surface area contributed by atoms with Crippen LogP contribution in [0.4, 0.5) is 5.69 Å². The van der Waals surface area contributed by atoms with Crippen molar-refractivity contribution in [2.24, 2.45) is 4.99 Å². The maximum Gasteiger partial charge on any atom is 0.264 e. The number of rotatable bonds is 6. The van der Waals surface area contributed by atoms with Gasteiger partial charge in [0.1, 0.15) is 11.5 Å². The van der Waals surface area contributed by atoms with E-state index in [0.29, 0.717) is 20.8 Å². The van der Waals surface area contributed by atoms with E-state index in [1.165, 1.54) is 11.8 Å². The van der Waals surface area contributed by atoms with Crippen LogP contribution < -0.4 is 14.8 Å². The largest absolute Gasteiger partial charge is 0.497 e. The number of benzene rings is 2. The summed E-state index contributed by atoms with van der Waals surface area (Å²) in [4.78, 5) is 17.3. The van der Waals surface area contributed by atoms with Crippen LogP contribution in [0.2, 0.25) is 5.02 Å². The zero-order chi connectivity index (χ0) is 20.1. The van der Waals surface area contributed by atoms with Gasteiger partial charge in [-0.3, -0.25) is 4.79 Å². The highest BCUT2D eigenvalue weighted by Gasteiger charge is 2.24. The maximum atomic E-state index is 12.3. The number of hydrogen-bond donors (Lipinski definition) is 1. The molecule has 0 aliphatic carbocycles. The predicted octanol–water partition coefficient (Wildman–Crippen LogP) is 5.42. The van der Waals surface area contributed by atoms with Crippen LogP contribution in [0.15, 0.2) is 52.4 Å². The Morgan fingerprint density at radius 3 is 2.64 bits per heavy atom. The van der Waals surface area contributed by atoms with E-state index in [-0.39, 0.29) is 12.0 Å². The molecule has 0 saturated carbocycles. The molecule has 0 spiro atoms. The van der Waals surface area contributed by atoms with Gasteiger partial charge in [-0.15, -0.1) is 0 Å². The van der Waals surface area contributed by atoms with Crippen LogP contribution in [-0.4, -0.2) is 24.3 Å². The molecule has 0 aromatic heterocycles. The van der Waals surface area contributed by atoms with Crippen molar-refractivity contribution in [3.8, 4) is 11.5 Å². The van der Waals surface area contributed by atoms with Gasteiger partial charge in [-0.1, -0.05) is 24.6 Å². The van der Waals surface area contributed by atoms with Crippen LogP contribution in [-0.2, 0) is 4.79 Å². The Labute approximate surface area is 173 Å². The molecule has 1 saturated heterocycles. The lowest BCUT2D eigenvalue weighted by atomic mass is 10.2. The minimum atomic E-state index is -0.187. The number of nitrogens with zero attached hydrogens (tertiary/aromatic N) is 1. The summed E-state index contributed by atoms with van der Waals surface area (Å²) in [5.41, 5.74) is 1.56. The van der Waals surface area contributed by atoms with Crippen molar-refractivity contribution in [3.05, 3.63) is 58.0 Å². The van der Waals surface area contributed by atoms with Gasteiger partial charge >= 0.3 is 0 Å². The number of ether oxygens (including phenoxy) is 2. The Kier molecular flexibility index (Phi) is 6.65. The highest BCUT2D eigenvalue weighted by molar-refractivity contribution is 8.18. The molecule has 1 heterocycles. The van der Waals surface area contributed by atoms with Gasteiger partial charge in [-0.2, -0.15) is 0 Å². The third kappa shape index (κ3) is 5.09. The number of carbonyl (C=O) groups excluding carboxylic acids is 1. The van der Waals surface area contributed by atoms with E-state index in [9.17, 15) is 4.79 Å². The summed E-state index contributed by atoms with van der Waals surface area (Å²) in [6.45, 7) is 4.05. The Hall–Kier alpha value is -2.44. The summed E-state index contributed by atoms with van der Waals surface area (Å²) in [7, 11) is 1.61. The number of amidine groups is 1. The molecule has 5 nitrogen and oxygen atoms in total. The molecule has 1 atom stereocenters. The Morgan fingerprint density at radius 1 is 1.25 bits per heavy atom. The first-order chi connectivity index (χ1) is 13.5. The fourth-order valence-corrected chi connectivity index (χ4v) is 3.48. The first-order valence-electron chi connectivity index (χ1n) is 8.88. The molecule has 1 amide bonds. The van der Waals surface area contributed by atoms with E-state index in [0.717, 1.165) is 23.4 Å². The Bertz CT molecular complexity index is 926. The Morgan fingerprint density at radius 2 is 2.00 bits per heavy atom. The van der Waals surface area contributed by atoms with Gasteiger partial charge in [0.25, 0.3) is 5.91 Å². The number of hydrogen-bond acceptors (Lipinski definition) is 5. The van der Waals surface area contributed by atoms with Crippen LogP contribution in [0, 0.1) is 0 Å². The summed E-state index contributed by atoms with van der Waals surface area (Å²) >= 11 is 7.61. The quantitative estimate of drug-likeness (QED) is 0.639. The van der Waals surface area contributed by atoms with Gasteiger partial charge in [-0.05, 0) is 73.1 Å². The van der Waals surface area contributed by atoms with Gasteiger partial charge in [0.05, 0.1) is 28.8 Å². The lowest BCUT2D eigenvalue weighted by Gasteiger charge is -2.14. The second kappa shape index (κ2) is 9.17. The topological polar surface area (TPSA) is 59.9 Å². The normalized spacial score (nSPS) is 17.6. The number of aliphatic imine (C=N–C) groups is 1. The van der Waals surface area contributed by atoms with E-state index in [1.54, 1.807) is 19.3 Å². The molecule has 1 aliphatic rings. The van der Waals surface area contributed by atoms with Crippen molar-refractivity contribution in [2.45, 2.75) is 26.4 Å². The molecule has 0 radical (unpaired) electrons. The minimum Gasteiger partial charge on any atom is -0.497 e. The molecule has 146 valence electrons. The van der Waals surface area contributed by atoms with Crippen molar-refractivity contribution in [1.82, 2.24) is 5.32 Å². The number of amides is 1. The fraction of sp³-hybridized carbons (Fsp3) is 0.238. The van der Waals surface area contributed by atoms with Crippen molar-refractivity contribution < 1.29 is 14.3 Å². The van der Waals surface area contributed by atoms with Crippen LogP contribution in [0.3, 0.4) is 0 Å². The Balaban J connectivity index is 1.74. The maximum absolute atomic E-state index is 12.3. The monoisotopic (exact) mass is 416 g/mol. The number of thioether (sulfide) groups is 1. The minimum absolute atomic E-state index is 0.0922. The average molecular weight is 417 g/mol. The first-order valence-corrected chi connectivity index (χ1v) is 10.1. The molecule has 0 unspecified atom stereocenters. The van der Waals surface area contributed by atoms with Crippen molar-refractivity contribution in [3.63, 3.8) is 0 Å². The average Bonchev–Trinajstić information content (AvgIpc) is 3.03. The molecule has 28 heavy (non-hydrogen) atoms. The zero-order valence-electron chi connectivity index (χ0n) is 15.9. The first kappa shape index (κ1) is 20.3. The van der Waals surface area contributed by atoms with Crippen molar-refractivity contribution >= 4 is 46.2 Å². The summed E-state index contributed by atoms with van der Waals surface area (Å²) in [6, 6.07) is 12.8. The highest BCUT2D eigenvalue weighted by Crippen LogP contribution is 2.31. The molecule has 0 bridgehead atoms. The van der Waals surface area contributed by atoms with E-state index >= 15 is 0 Å². The molecular formula is C21H21ClN2O3S. The molecule has 1 fully saturated rings. The van der Waals surface area contributed by atoms with Gasteiger partial charge in [-0.25, -0.2) is 4.99 Å². The summed E-state index contributed by atoms with van der Waals surface area (Å²) < 4.78 is 10.9. The number of halogens is 1. The summed E-state index contributed by atoms with van der Waals surface area (Å²) in [6.07, 6.45) is 2.78. The van der Waals surface area contributed by atoms with Crippen LogP contribution in [0.5, 0.6) is 11.5 Å². The van der Waals surface area contributed by atoms with Gasteiger partial charge in [0.15, 0.2) is 5.17 Å². The van der Waals surface area contributed by atoms with Crippen LogP contribution >= 0.6 is 23.4 Å². The molecule has 1 aliphatic heterocycles. The van der Waals surface area contributed by atoms with E-state index < -0.39 is 0 Å². The molecule has 7 heteroatoms. The molecule has 1 N–H and O–H groups in total. The van der Waals surface area contributed by atoms with Crippen molar-refractivity contribution in [2.75, 3.05) is 7.11 Å². The lowest BCUT2D eigenvalue weighted by Crippen LogP contribution is -2.19. The molecular weight excluding hydrogens is 396 g/mol. The zero-order valence-corrected chi connectivity index (χ0v) is 17.4. The summed E-state index contributed by atoms with van der Waals surface area (Å²) in [5, 5.41) is 3.83. The predicted molar refractivity (Wildman–Crippen MR) is 116 cm³/mol. The second-order valence-electron chi connectivity index (χ2n) is 6.21. The number of methoxy groups -OCH3 is 1. The van der Waals surface area contributed by atoms with Crippen LogP contribution in [0.25, 0.3) is 6.08 Å². The van der Waals surface area contributed by atoms with Crippen molar-refractivity contribution in [1.29, 1.82) is 0 Å². The molecule has 2 aromatic carbocycles. The van der Waals surface area contributed by atoms with E-state index in [4.69, 9.17) is 21.1 Å². The number of carbonyl (C=O) groups is 1. The molecule has 3 rings (SSSR count). The SMILES string of the molecule is CC[C@H](C)Oc1ccc(/C=C2/SC(=Nc3ccc(OC)cc3)NC2=O)cc1Cl. The van der Waals surface area contributed by atoms with E-state index in [1.807, 2.05) is 43.3 Å². The number of nitrogens with one attached hydrogen (secondary N) is 1.